The molecule has 0 spiro atoms. The van der Waals surface area contributed by atoms with Gasteiger partial charge in [-0.15, -0.1) is 0 Å². The lowest BCUT2D eigenvalue weighted by atomic mass is 10.0. The lowest BCUT2D eigenvalue weighted by Crippen LogP contribution is -2.51. The number of carbonyl (C=O) groups is 2. The van der Waals surface area contributed by atoms with E-state index >= 15 is 0 Å². The minimum atomic E-state index is -0.690. The Balaban J connectivity index is 2.61. The van der Waals surface area contributed by atoms with Gasteiger partial charge in [-0.2, -0.15) is 0 Å². The highest BCUT2D eigenvalue weighted by Crippen LogP contribution is 2.07. The zero-order valence-electron chi connectivity index (χ0n) is 12.7. The Morgan fingerprint density at radius 3 is 2.43 bits per heavy atom. The van der Waals surface area contributed by atoms with Gasteiger partial charge in [0.05, 0.1) is 13.7 Å². The largest absolute Gasteiger partial charge is 0.467 e. The number of hydrazine groups is 1. The molecule has 0 unspecified atom stereocenters. The number of nitrogens with two attached hydrogens (primary N) is 1. The topological polar surface area (TPSA) is 84.7 Å². The Bertz CT molecular complexity index is 462. The molecular formula is C15H23N3O3. The molecule has 1 aromatic carbocycles. The molecule has 116 valence electrons. The second-order valence-electron chi connectivity index (χ2n) is 5.27. The van der Waals surface area contributed by atoms with Crippen molar-refractivity contribution in [3.05, 3.63) is 35.9 Å². The summed E-state index contributed by atoms with van der Waals surface area (Å²) in [5.41, 5.74) is 0.911. The summed E-state index contributed by atoms with van der Waals surface area (Å²) >= 11 is 0. The molecule has 0 bridgehead atoms. The molecule has 0 saturated heterocycles. The van der Waals surface area contributed by atoms with Gasteiger partial charge in [-0.05, 0) is 17.9 Å². The number of amides is 2. The first-order valence-corrected chi connectivity index (χ1v) is 6.88. The standard InChI is InChI=1S/C15H23N3O3/c1-11(2)9-13(14(19)21-3)17-15(20)18(16)10-12-7-5-4-6-8-12/h4-8,11,13H,9-10,16H2,1-3H3,(H,17,20)/t13-/m0/s1. The number of methoxy groups -OCH3 is 1. The van der Waals surface area contributed by atoms with Crippen molar-refractivity contribution in [1.82, 2.24) is 10.3 Å². The third kappa shape index (κ3) is 5.83. The predicted octanol–water partition coefficient (Wildman–Crippen LogP) is 1.66. The summed E-state index contributed by atoms with van der Waals surface area (Å²) in [6.07, 6.45) is 0.498. The van der Waals surface area contributed by atoms with E-state index in [4.69, 9.17) is 10.6 Å². The van der Waals surface area contributed by atoms with Crippen molar-refractivity contribution in [2.24, 2.45) is 11.8 Å². The van der Waals surface area contributed by atoms with Gasteiger partial charge in [-0.25, -0.2) is 15.4 Å². The smallest absolute Gasteiger partial charge is 0.332 e. The quantitative estimate of drug-likeness (QED) is 0.361. The molecule has 0 fully saturated rings. The fourth-order valence-corrected chi connectivity index (χ4v) is 1.91. The Kier molecular flexibility index (Phi) is 6.68. The molecule has 0 saturated carbocycles. The van der Waals surface area contributed by atoms with Crippen molar-refractivity contribution in [3.8, 4) is 0 Å². The summed E-state index contributed by atoms with van der Waals surface area (Å²) < 4.78 is 4.70. The molecule has 0 heterocycles. The third-order valence-corrected chi connectivity index (χ3v) is 2.95. The van der Waals surface area contributed by atoms with E-state index in [0.717, 1.165) is 10.6 Å². The minimum absolute atomic E-state index is 0.245. The average molecular weight is 293 g/mol. The van der Waals surface area contributed by atoms with Gasteiger partial charge < -0.3 is 10.1 Å². The van der Waals surface area contributed by atoms with Crippen LogP contribution in [0.3, 0.4) is 0 Å². The fourth-order valence-electron chi connectivity index (χ4n) is 1.91. The fraction of sp³-hybridized carbons (Fsp3) is 0.467. The molecular weight excluding hydrogens is 270 g/mol. The number of esters is 1. The second-order valence-corrected chi connectivity index (χ2v) is 5.27. The van der Waals surface area contributed by atoms with Crippen LogP contribution in [0.1, 0.15) is 25.8 Å². The molecule has 6 nitrogen and oxygen atoms in total. The van der Waals surface area contributed by atoms with E-state index < -0.39 is 18.0 Å². The van der Waals surface area contributed by atoms with E-state index in [-0.39, 0.29) is 12.5 Å². The molecule has 0 aromatic heterocycles. The van der Waals surface area contributed by atoms with Gasteiger partial charge in [0.25, 0.3) is 0 Å². The van der Waals surface area contributed by atoms with Crippen molar-refractivity contribution in [2.75, 3.05) is 7.11 Å². The molecule has 2 amide bonds. The number of nitrogens with one attached hydrogen (secondary N) is 1. The maximum Gasteiger partial charge on any atom is 0.332 e. The molecule has 3 N–H and O–H groups in total. The first kappa shape index (κ1) is 17.0. The van der Waals surface area contributed by atoms with Crippen LogP contribution < -0.4 is 11.2 Å². The van der Waals surface area contributed by atoms with E-state index in [1.54, 1.807) is 0 Å². The summed E-state index contributed by atoms with van der Waals surface area (Å²) in [5.74, 6) is 5.52. The summed E-state index contributed by atoms with van der Waals surface area (Å²) in [6.45, 7) is 4.20. The van der Waals surface area contributed by atoms with Crippen LogP contribution in [0, 0.1) is 5.92 Å². The molecule has 1 rings (SSSR count). The number of benzene rings is 1. The average Bonchev–Trinajstić information content (AvgIpc) is 2.46. The molecule has 0 aliphatic rings. The highest BCUT2D eigenvalue weighted by Gasteiger charge is 2.24. The van der Waals surface area contributed by atoms with E-state index in [9.17, 15) is 9.59 Å². The maximum atomic E-state index is 12.0. The lowest BCUT2D eigenvalue weighted by Gasteiger charge is -2.22. The number of rotatable bonds is 6. The van der Waals surface area contributed by atoms with E-state index in [1.165, 1.54) is 7.11 Å². The normalized spacial score (nSPS) is 11.9. The molecule has 0 aliphatic carbocycles. The van der Waals surface area contributed by atoms with Gasteiger partial charge in [0.2, 0.25) is 0 Å². The highest BCUT2D eigenvalue weighted by atomic mass is 16.5. The Labute approximate surface area is 125 Å². The van der Waals surface area contributed by atoms with Crippen LogP contribution >= 0.6 is 0 Å². The number of ether oxygens (including phenoxy) is 1. The summed E-state index contributed by atoms with van der Waals surface area (Å²) in [7, 11) is 1.30. The van der Waals surface area contributed by atoms with Crippen LogP contribution in [0.4, 0.5) is 4.79 Å². The SMILES string of the molecule is COC(=O)[C@H](CC(C)C)NC(=O)N(N)Cc1ccccc1. The number of carbonyl (C=O) groups excluding carboxylic acids is 2. The number of hydrogen-bond donors (Lipinski definition) is 2. The Morgan fingerprint density at radius 1 is 1.29 bits per heavy atom. The van der Waals surface area contributed by atoms with Crippen molar-refractivity contribution in [2.45, 2.75) is 32.9 Å². The predicted molar refractivity (Wildman–Crippen MR) is 80.0 cm³/mol. The van der Waals surface area contributed by atoms with Gasteiger partial charge in [-0.1, -0.05) is 44.2 Å². The molecule has 0 radical (unpaired) electrons. The maximum absolute atomic E-state index is 12.0. The second kappa shape index (κ2) is 8.26. The number of hydrogen-bond acceptors (Lipinski definition) is 4. The summed E-state index contributed by atoms with van der Waals surface area (Å²) in [5, 5.41) is 3.65. The van der Waals surface area contributed by atoms with Crippen LogP contribution in [-0.2, 0) is 16.1 Å². The third-order valence-electron chi connectivity index (χ3n) is 2.95. The minimum Gasteiger partial charge on any atom is -0.467 e. The zero-order chi connectivity index (χ0) is 15.8. The van der Waals surface area contributed by atoms with Gasteiger partial charge in [0, 0.05) is 0 Å². The lowest BCUT2D eigenvalue weighted by molar-refractivity contribution is -0.143. The zero-order valence-corrected chi connectivity index (χ0v) is 12.7. The summed E-state index contributed by atoms with van der Waals surface area (Å²) in [4.78, 5) is 23.7. The molecule has 0 aliphatic heterocycles. The molecule has 1 aromatic rings. The van der Waals surface area contributed by atoms with Crippen LogP contribution in [0.15, 0.2) is 30.3 Å². The highest BCUT2D eigenvalue weighted by molar-refractivity contribution is 5.83. The van der Waals surface area contributed by atoms with Crippen molar-refractivity contribution in [1.29, 1.82) is 0 Å². The molecule has 6 heteroatoms. The van der Waals surface area contributed by atoms with E-state index in [2.05, 4.69) is 5.32 Å². The van der Waals surface area contributed by atoms with Gasteiger partial charge in [0.15, 0.2) is 0 Å². The van der Waals surface area contributed by atoms with Crippen LogP contribution in [0.2, 0.25) is 0 Å². The van der Waals surface area contributed by atoms with Gasteiger partial charge >= 0.3 is 12.0 Å². The Hall–Kier alpha value is -2.08. The van der Waals surface area contributed by atoms with Gasteiger partial charge in [-0.3, -0.25) is 5.01 Å². The molecule has 1 atom stereocenters. The van der Waals surface area contributed by atoms with Crippen molar-refractivity contribution < 1.29 is 14.3 Å². The van der Waals surface area contributed by atoms with Crippen molar-refractivity contribution >= 4 is 12.0 Å². The summed E-state index contributed by atoms with van der Waals surface area (Å²) in [6, 6.07) is 8.19. The number of urea groups is 1. The Morgan fingerprint density at radius 2 is 1.90 bits per heavy atom. The van der Waals surface area contributed by atoms with E-state index in [0.29, 0.717) is 6.42 Å². The van der Waals surface area contributed by atoms with Crippen LogP contribution in [0.25, 0.3) is 0 Å². The first-order valence-electron chi connectivity index (χ1n) is 6.88. The van der Waals surface area contributed by atoms with Crippen LogP contribution in [0.5, 0.6) is 0 Å². The number of nitrogens with zero attached hydrogens (tertiary/aromatic N) is 1. The first-order chi connectivity index (χ1) is 9.93. The van der Waals surface area contributed by atoms with Crippen molar-refractivity contribution in [3.63, 3.8) is 0 Å². The molecule has 21 heavy (non-hydrogen) atoms. The van der Waals surface area contributed by atoms with Gasteiger partial charge in [0.1, 0.15) is 6.04 Å². The van der Waals surface area contributed by atoms with Crippen LogP contribution in [-0.4, -0.2) is 30.2 Å². The monoisotopic (exact) mass is 293 g/mol. The van der Waals surface area contributed by atoms with E-state index in [1.807, 2.05) is 44.2 Å².